The molecule has 5 aromatic rings. The Balaban J connectivity index is 1.44. The summed E-state index contributed by atoms with van der Waals surface area (Å²) in [6.45, 7) is 4.50. The molecule has 0 saturated heterocycles. The lowest BCUT2D eigenvalue weighted by molar-refractivity contribution is 0.0952. The van der Waals surface area contributed by atoms with Gasteiger partial charge >= 0.3 is 0 Å². The predicted molar refractivity (Wildman–Crippen MR) is 126 cm³/mol. The summed E-state index contributed by atoms with van der Waals surface area (Å²) in [6, 6.07) is 19.6. The van der Waals surface area contributed by atoms with Crippen molar-refractivity contribution in [1.29, 1.82) is 0 Å². The Hall–Kier alpha value is -4.33. The summed E-state index contributed by atoms with van der Waals surface area (Å²) in [5.74, 6) is -0.164. The minimum absolute atomic E-state index is 0.125. The number of carbonyl (C=O) groups excluding carboxylic acids is 1. The number of amides is 1. The minimum atomic E-state index is -0.164. The number of pyridine rings is 1. The van der Waals surface area contributed by atoms with Crippen molar-refractivity contribution in [3.63, 3.8) is 0 Å². The van der Waals surface area contributed by atoms with Gasteiger partial charge in [0, 0.05) is 18.2 Å². The largest absolute Gasteiger partial charge is 0.348 e. The van der Waals surface area contributed by atoms with Gasteiger partial charge in [-0.3, -0.25) is 4.79 Å². The van der Waals surface area contributed by atoms with Crippen LogP contribution in [0.1, 0.15) is 35.8 Å². The summed E-state index contributed by atoms with van der Waals surface area (Å²) in [5, 5.41) is 12.4. The molecular formula is C25H23N7O. The van der Waals surface area contributed by atoms with Crippen molar-refractivity contribution in [2.75, 3.05) is 0 Å². The van der Waals surface area contributed by atoms with Crippen molar-refractivity contribution in [2.45, 2.75) is 26.4 Å². The summed E-state index contributed by atoms with van der Waals surface area (Å²) in [7, 11) is 0. The van der Waals surface area contributed by atoms with Gasteiger partial charge in [-0.25, -0.2) is 19.3 Å². The van der Waals surface area contributed by atoms with Crippen molar-refractivity contribution in [3.05, 3.63) is 90.6 Å². The number of fused-ring (bicyclic) bond motifs is 1. The first-order valence-corrected chi connectivity index (χ1v) is 10.8. The van der Waals surface area contributed by atoms with Crippen LogP contribution in [0.15, 0.2) is 79.5 Å². The molecule has 0 fully saturated rings. The summed E-state index contributed by atoms with van der Waals surface area (Å²) in [5.41, 5.74) is 4.85. The molecule has 5 rings (SSSR count). The lowest BCUT2D eigenvalue weighted by Crippen LogP contribution is -2.23. The molecule has 0 aliphatic heterocycles. The van der Waals surface area contributed by atoms with Crippen molar-refractivity contribution < 1.29 is 4.79 Å². The van der Waals surface area contributed by atoms with Gasteiger partial charge < -0.3 is 5.32 Å². The number of carbonyl (C=O) groups is 1. The van der Waals surface area contributed by atoms with Gasteiger partial charge in [-0.15, -0.1) is 0 Å². The van der Waals surface area contributed by atoms with Gasteiger partial charge in [0.1, 0.15) is 12.7 Å². The third kappa shape index (κ3) is 4.10. The fraction of sp³-hybridized carbons (Fsp3) is 0.160. The van der Waals surface area contributed by atoms with Gasteiger partial charge in [0.05, 0.1) is 28.5 Å². The van der Waals surface area contributed by atoms with Gasteiger partial charge in [0.15, 0.2) is 5.65 Å². The van der Waals surface area contributed by atoms with E-state index in [1.165, 1.54) is 6.33 Å². The summed E-state index contributed by atoms with van der Waals surface area (Å²) in [4.78, 5) is 22.0. The Morgan fingerprint density at radius 2 is 1.82 bits per heavy atom. The van der Waals surface area contributed by atoms with Crippen molar-refractivity contribution in [3.8, 4) is 16.9 Å². The van der Waals surface area contributed by atoms with Crippen LogP contribution in [0.25, 0.3) is 28.0 Å². The highest BCUT2D eigenvalue weighted by molar-refractivity contribution is 6.06. The highest BCUT2D eigenvalue weighted by Gasteiger charge is 2.18. The first kappa shape index (κ1) is 20.6. The van der Waals surface area contributed by atoms with Gasteiger partial charge in [-0.05, 0) is 37.6 Å². The molecule has 1 amide bonds. The van der Waals surface area contributed by atoms with E-state index in [2.05, 4.69) is 20.5 Å². The second kappa shape index (κ2) is 8.66. The molecule has 0 atom stereocenters. The lowest BCUT2D eigenvalue weighted by atomic mass is 10.1. The first-order chi connectivity index (χ1) is 16.1. The Morgan fingerprint density at radius 1 is 1.03 bits per heavy atom. The molecule has 0 aliphatic rings. The van der Waals surface area contributed by atoms with E-state index in [9.17, 15) is 4.79 Å². The molecular weight excluding hydrogens is 414 g/mol. The van der Waals surface area contributed by atoms with Crippen LogP contribution < -0.4 is 5.32 Å². The number of nitrogens with one attached hydrogen (secondary N) is 1. The van der Waals surface area contributed by atoms with E-state index < -0.39 is 0 Å². The molecule has 8 heteroatoms. The van der Waals surface area contributed by atoms with Crippen LogP contribution in [-0.2, 0) is 6.54 Å². The number of nitrogens with zero attached hydrogens (tertiary/aromatic N) is 6. The van der Waals surface area contributed by atoms with Crippen LogP contribution in [0.3, 0.4) is 0 Å². The van der Waals surface area contributed by atoms with E-state index in [1.54, 1.807) is 17.2 Å². The molecule has 0 bridgehead atoms. The Morgan fingerprint density at radius 3 is 2.52 bits per heavy atom. The second-order valence-corrected chi connectivity index (χ2v) is 8.03. The quantitative estimate of drug-likeness (QED) is 0.430. The van der Waals surface area contributed by atoms with Crippen LogP contribution in [-0.4, -0.2) is 35.4 Å². The molecule has 0 radical (unpaired) electrons. The average molecular weight is 438 g/mol. The van der Waals surface area contributed by atoms with Crippen LogP contribution >= 0.6 is 0 Å². The van der Waals surface area contributed by atoms with E-state index in [4.69, 9.17) is 4.98 Å². The summed E-state index contributed by atoms with van der Waals surface area (Å²) in [6.07, 6.45) is 4.86. The molecule has 164 valence electrons. The Bertz CT molecular complexity index is 1390. The average Bonchev–Trinajstić information content (AvgIpc) is 3.53. The second-order valence-electron chi connectivity index (χ2n) is 8.03. The molecule has 0 spiro atoms. The van der Waals surface area contributed by atoms with Crippen LogP contribution in [0.5, 0.6) is 0 Å². The molecule has 0 saturated carbocycles. The number of hydrogen-bond acceptors (Lipinski definition) is 5. The molecule has 2 aromatic carbocycles. The zero-order chi connectivity index (χ0) is 22.8. The molecule has 0 unspecified atom stereocenters. The Labute approximate surface area is 190 Å². The van der Waals surface area contributed by atoms with Gasteiger partial charge in [-0.1, -0.05) is 42.5 Å². The third-order valence-electron chi connectivity index (χ3n) is 5.44. The van der Waals surface area contributed by atoms with E-state index >= 15 is 0 Å². The SMILES string of the molecule is CC(C)n1ncc2c(C(=O)NCc3ccc(-n4cncn4)cc3)cc(-c3ccccc3)nc21. The number of rotatable bonds is 6. The van der Waals surface area contributed by atoms with Crippen molar-refractivity contribution in [1.82, 2.24) is 34.8 Å². The molecule has 33 heavy (non-hydrogen) atoms. The Kier molecular flexibility index (Phi) is 5.40. The summed E-state index contributed by atoms with van der Waals surface area (Å²) < 4.78 is 3.54. The van der Waals surface area contributed by atoms with E-state index in [0.717, 1.165) is 27.9 Å². The third-order valence-corrected chi connectivity index (χ3v) is 5.44. The summed E-state index contributed by atoms with van der Waals surface area (Å²) >= 11 is 0. The molecule has 3 aromatic heterocycles. The number of benzene rings is 2. The lowest BCUT2D eigenvalue weighted by Gasteiger charge is -2.11. The topological polar surface area (TPSA) is 90.5 Å². The zero-order valence-electron chi connectivity index (χ0n) is 18.4. The monoisotopic (exact) mass is 437 g/mol. The molecule has 8 nitrogen and oxygen atoms in total. The zero-order valence-corrected chi connectivity index (χ0v) is 18.4. The van der Waals surface area contributed by atoms with Crippen molar-refractivity contribution >= 4 is 16.9 Å². The maximum absolute atomic E-state index is 13.3. The van der Waals surface area contributed by atoms with Crippen LogP contribution in [0, 0.1) is 0 Å². The minimum Gasteiger partial charge on any atom is -0.348 e. The van der Waals surface area contributed by atoms with E-state index in [1.807, 2.05) is 79.2 Å². The van der Waals surface area contributed by atoms with E-state index in [-0.39, 0.29) is 11.9 Å². The maximum atomic E-state index is 13.3. The van der Waals surface area contributed by atoms with Crippen LogP contribution in [0.4, 0.5) is 0 Å². The fourth-order valence-electron chi connectivity index (χ4n) is 3.73. The van der Waals surface area contributed by atoms with Gasteiger partial charge in [0.2, 0.25) is 0 Å². The smallest absolute Gasteiger partial charge is 0.252 e. The highest BCUT2D eigenvalue weighted by atomic mass is 16.1. The first-order valence-electron chi connectivity index (χ1n) is 10.8. The standard InChI is InChI=1S/C25H23N7O/c1-17(2)32-24-22(14-28-32)21(12-23(30-24)19-6-4-3-5-7-19)25(33)27-13-18-8-10-20(11-9-18)31-16-26-15-29-31/h3-12,14-17H,13H2,1-2H3,(H,27,33). The predicted octanol–water partition coefficient (Wildman–Crippen LogP) is 4.19. The van der Waals surface area contributed by atoms with Crippen molar-refractivity contribution in [2.24, 2.45) is 0 Å². The fourth-order valence-corrected chi connectivity index (χ4v) is 3.73. The van der Waals surface area contributed by atoms with E-state index in [0.29, 0.717) is 17.8 Å². The van der Waals surface area contributed by atoms with Gasteiger partial charge in [-0.2, -0.15) is 10.2 Å². The molecule has 3 heterocycles. The van der Waals surface area contributed by atoms with Gasteiger partial charge in [0.25, 0.3) is 5.91 Å². The maximum Gasteiger partial charge on any atom is 0.252 e. The molecule has 1 N–H and O–H groups in total. The number of hydrogen-bond donors (Lipinski definition) is 1. The number of aromatic nitrogens is 6. The van der Waals surface area contributed by atoms with Crippen LogP contribution in [0.2, 0.25) is 0 Å². The normalized spacial score (nSPS) is 11.2. The molecule has 0 aliphatic carbocycles. The highest BCUT2D eigenvalue weighted by Crippen LogP contribution is 2.26.